The molecule has 0 rings (SSSR count). The Morgan fingerprint density at radius 3 is 2.40 bits per heavy atom. The van der Waals surface area contributed by atoms with Gasteiger partial charge >= 0.3 is 0 Å². The predicted molar refractivity (Wildman–Crippen MR) is 48.4 cm³/mol. The molecule has 0 unspecified atom stereocenters. The minimum Gasteiger partial charge on any atom is -0.318 e. The highest BCUT2D eigenvalue weighted by Gasteiger charge is 1.84. The van der Waals surface area contributed by atoms with Crippen molar-refractivity contribution in [3.8, 4) is 0 Å². The third kappa shape index (κ3) is 8.23. The third-order valence-corrected chi connectivity index (χ3v) is 1.36. The van der Waals surface area contributed by atoms with Crippen LogP contribution in [0.2, 0.25) is 0 Å². The van der Waals surface area contributed by atoms with E-state index < -0.39 is 0 Å². The molecule has 0 aliphatic rings. The van der Waals surface area contributed by atoms with Crippen molar-refractivity contribution in [1.82, 2.24) is 10.6 Å². The number of thiol groups is 1. The molecule has 0 aromatic heterocycles. The Hall–Kier alpha value is 0.230. The van der Waals surface area contributed by atoms with Crippen molar-refractivity contribution in [2.75, 3.05) is 32.1 Å². The molecule has 0 saturated carbocycles. The van der Waals surface area contributed by atoms with Crippen LogP contribution in [0.3, 0.4) is 0 Å². The van der Waals surface area contributed by atoms with Gasteiger partial charge in [0.15, 0.2) is 0 Å². The molecule has 4 N–H and O–H groups in total. The van der Waals surface area contributed by atoms with Crippen molar-refractivity contribution in [1.29, 1.82) is 0 Å². The van der Waals surface area contributed by atoms with Crippen LogP contribution in [0.1, 0.15) is 6.42 Å². The first-order valence-electron chi connectivity index (χ1n) is 3.64. The summed E-state index contributed by atoms with van der Waals surface area (Å²) in [5.41, 5.74) is 5.23. The van der Waals surface area contributed by atoms with Gasteiger partial charge in [-0.3, -0.25) is 0 Å². The maximum atomic E-state index is 5.23. The quantitative estimate of drug-likeness (QED) is 0.230. The van der Waals surface area contributed by atoms with E-state index in [-0.39, 0.29) is 0 Å². The molecule has 0 radical (unpaired) electrons. The molecule has 0 spiro atoms. The van der Waals surface area contributed by atoms with E-state index >= 15 is 0 Å². The largest absolute Gasteiger partial charge is 0.318 e. The Kier molecular flexibility index (Phi) is 9.44. The van der Waals surface area contributed by atoms with E-state index in [1.165, 1.54) is 0 Å². The molecule has 0 saturated heterocycles. The maximum absolute atomic E-state index is 5.23. The Balaban J connectivity index is 2.65. The van der Waals surface area contributed by atoms with Crippen LogP contribution >= 0.6 is 12.6 Å². The van der Waals surface area contributed by atoms with Gasteiger partial charge in [0, 0.05) is 19.0 Å². The minimum absolute atomic E-state index is 0.576. The second kappa shape index (κ2) is 9.23. The lowest BCUT2D eigenvalue weighted by atomic mass is 10.4. The molecule has 10 heavy (non-hydrogen) atoms. The van der Waals surface area contributed by atoms with E-state index in [1.54, 1.807) is 0 Å². The normalized spacial score (nSPS) is 10.2. The van der Waals surface area contributed by atoms with Gasteiger partial charge in [-0.05, 0) is 19.5 Å². The van der Waals surface area contributed by atoms with Crippen molar-refractivity contribution in [2.24, 2.45) is 5.73 Å². The molecule has 3 nitrogen and oxygen atoms in total. The topological polar surface area (TPSA) is 50.1 Å². The fourth-order valence-corrected chi connectivity index (χ4v) is 0.803. The van der Waals surface area contributed by atoms with E-state index in [4.69, 9.17) is 5.73 Å². The van der Waals surface area contributed by atoms with E-state index in [9.17, 15) is 0 Å². The SMILES string of the molecule is NCNCCCNCCS. The van der Waals surface area contributed by atoms with Gasteiger partial charge in [-0.25, -0.2) is 0 Å². The first kappa shape index (κ1) is 10.2. The molecule has 0 bridgehead atoms. The lowest BCUT2D eigenvalue weighted by molar-refractivity contribution is 0.615. The van der Waals surface area contributed by atoms with Crippen molar-refractivity contribution in [3.05, 3.63) is 0 Å². The molecule has 0 aliphatic carbocycles. The monoisotopic (exact) mass is 163 g/mol. The number of nitrogens with one attached hydrogen (secondary N) is 2. The van der Waals surface area contributed by atoms with E-state index in [2.05, 4.69) is 23.3 Å². The Morgan fingerprint density at radius 2 is 1.80 bits per heavy atom. The molecule has 0 aliphatic heterocycles. The number of nitrogens with two attached hydrogens (primary N) is 1. The molecule has 0 fully saturated rings. The van der Waals surface area contributed by atoms with Crippen molar-refractivity contribution in [2.45, 2.75) is 6.42 Å². The Morgan fingerprint density at radius 1 is 1.10 bits per heavy atom. The van der Waals surface area contributed by atoms with Crippen LogP contribution in [0.5, 0.6) is 0 Å². The van der Waals surface area contributed by atoms with Crippen molar-refractivity contribution in [3.63, 3.8) is 0 Å². The summed E-state index contributed by atoms with van der Waals surface area (Å²) in [5, 5.41) is 6.28. The van der Waals surface area contributed by atoms with Gasteiger partial charge < -0.3 is 16.4 Å². The molecule has 4 heteroatoms. The van der Waals surface area contributed by atoms with Gasteiger partial charge in [-0.1, -0.05) is 0 Å². The van der Waals surface area contributed by atoms with Gasteiger partial charge in [-0.2, -0.15) is 12.6 Å². The lowest BCUT2D eigenvalue weighted by Gasteiger charge is -2.02. The number of hydrogen-bond donors (Lipinski definition) is 4. The summed E-state index contributed by atoms with van der Waals surface area (Å²) in [5.74, 6) is 0.907. The fraction of sp³-hybridized carbons (Fsp3) is 1.00. The first-order valence-corrected chi connectivity index (χ1v) is 4.27. The maximum Gasteiger partial charge on any atom is 0.0428 e. The predicted octanol–water partition coefficient (Wildman–Crippen LogP) is -0.598. The summed E-state index contributed by atoms with van der Waals surface area (Å²) in [6.07, 6.45) is 1.13. The second-order valence-electron chi connectivity index (χ2n) is 2.03. The standard InChI is InChI=1S/C6H17N3S/c7-6-9-3-1-2-8-4-5-10/h8-10H,1-7H2. The molecule has 0 heterocycles. The number of rotatable bonds is 7. The molecule has 0 aromatic carbocycles. The molecule has 0 aromatic rings. The summed E-state index contributed by atoms with van der Waals surface area (Å²) in [6.45, 7) is 3.61. The van der Waals surface area contributed by atoms with Crippen LogP contribution in [0.4, 0.5) is 0 Å². The zero-order chi connectivity index (χ0) is 7.66. The van der Waals surface area contributed by atoms with Crippen LogP contribution in [0.15, 0.2) is 0 Å². The summed E-state index contributed by atoms with van der Waals surface area (Å²) in [7, 11) is 0. The Bertz CT molecular complexity index is 53.0. The zero-order valence-electron chi connectivity index (χ0n) is 6.27. The highest BCUT2D eigenvalue weighted by molar-refractivity contribution is 7.80. The van der Waals surface area contributed by atoms with Crippen molar-refractivity contribution < 1.29 is 0 Å². The lowest BCUT2D eigenvalue weighted by Crippen LogP contribution is -2.26. The van der Waals surface area contributed by atoms with Crippen LogP contribution in [-0.2, 0) is 0 Å². The Labute approximate surface area is 68.2 Å². The summed E-state index contributed by atoms with van der Waals surface area (Å²) >= 11 is 4.07. The van der Waals surface area contributed by atoms with Gasteiger partial charge in [0.25, 0.3) is 0 Å². The first-order chi connectivity index (χ1) is 4.91. The van der Waals surface area contributed by atoms with Gasteiger partial charge in [0.05, 0.1) is 0 Å². The van der Waals surface area contributed by atoms with E-state index in [1.807, 2.05) is 0 Å². The van der Waals surface area contributed by atoms with Gasteiger partial charge in [-0.15, -0.1) is 0 Å². The highest BCUT2D eigenvalue weighted by atomic mass is 32.1. The van der Waals surface area contributed by atoms with Crippen molar-refractivity contribution >= 4 is 12.6 Å². The number of hydrogen-bond acceptors (Lipinski definition) is 4. The molecule has 0 atom stereocenters. The summed E-state index contributed by atoms with van der Waals surface area (Å²) in [4.78, 5) is 0. The van der Waals surface area contributed by atoms with E-state index in [0.717, 1.165) is 31.8 Å². The molecular formula is C6H17N3S. The van der Waals surface area contributed by atoms with Crippen LogP contribution in [0.25, 0.3) is 0 Å². The zero-order valence-corrected chi connectivity index (χ0v) is 7.16. The third-order valence-electron chi connectivity index (χ3n) is 1.14. The molecular weight excluding hydrogens is 146 g/mol. The average molecular weight is 163 g/mol. The molecule has 62 valence electrons. The highest BCUT2D eigenvalue weighted by Crippen LogP contribution is 1.73. The van der Waals surface area contributed by atoms with E-state index in [0.29, 0.717) is 6.67 Å². The summed E-state index contributed by atoms with van der Waals surface area (Å²) < 4.78 is 0. The van der Waals surface area contributed by atoms with Crippen LogP contribution < -0.4 is 16.4 Å². The van der Waals surface area contributed by atoms with Gasteiger partial charge in [0.2, 0.25) is 0 Å². The summed E-state index contributed by atoms with van der Waals surface area (Å²) in [6, 6.07) is 0. The van der Waals surface area contributed by atoms with Gasteiger partial charge in [0.1, 0.15) is 0 Å². The second-order valence-corrected chi connectivity index (χ2v) is 2.48. The smallest absolute Gasteiger partial charge is 0.0428 e. The fourth-order valence-electron chi connectivity index (χ4n) is 0.645. The van der Waals surface area contributed by atoms with Crippen LogP contribution in [0, 0.1) is 0 Å². The molecule has 0 amide bonds. The minimum atomic E-state index is 0.576. The van der Waals surface area contributed by atoms with Crippen LogP contribution in [-0.4, -0.2) is 32.1 Å². The average Bonchev–Trinajstić information content (AvgIpc) is 1.97.